The van der Waals surface area contributed by atoms with Gasteiger partial charge < -0.3 is 0 Å². The fraction of sp³-hybridized carbons (Fsp3) is 0.241. The molecule has 0 bridgehead atoms. The Labute approximate surface area is 215 Å². The third kappa shape index (κ3) is 4.11. The van der Waals surface area contributed by atoms with Crippen LogP contribution >= 0.6 is 11.6 Å². The summed E-state index contributed by atoms with van der Waals surface area (Å²) in [5.74, 6) is -2.15. The zero-order valence-electron chi connectivity index (χ0n) is 20.2. The fourth-order valence-electron chi connectivity index (χ4n) is 5.14. The Hall–Kier alpha value is -3.77. The number of halogens is 1. The number of benzene rings is 3. The van der Waals surface area contributed by atoms with E-state index < -0.39 is 17.8 Å². The van der Waals surface area contributed by atoms with Gasteiger partial charge in [-0.05, 0) is 48.7 Å². The minimum Gasteiger partial charge on any atom is -0.272 e. The van der Waals surface area contributed by atoms with Crippen molar-refractivity contribution in [3.63, 3.8) is 0 Å². The molecule has 7 heteroatoms. The predicted molar refractivity (Wildman–Crippen MR) is 144 cm³/mol. The van der Waals surface area contributed by atoms with Gasteiger partial charge in [0.25, 0.3) is 11.8 Å². The van der Waals surface area contributed by atoms with Crippen molar-refractivity contribution in [3.05, 3.63) is 95.5 Å². The van der Waals surface area contributed by atoms with E-state index in [0.717, 1.165) is 17.0 Å². The zero-order chi connectivity index (χ0) is 25.2. The van der Waals surface area contributed by atoms with Crippen molar-refractivity contribution in [2.24, 2.45) is 22.0 Å². The van der Waals surface area contributed by atoms with E-state index >= 15 is 0 Å². The Bertz CT molecular complexity index is 1260. The van der Waals surface area contributed by atoms with Gasteiger partial charge >= 0.3 is 0 Å². The van der Waals surface area contributed by atoms with Crippen LogP contribution in [0.4, 0.5) is 11.4 Å². The molecule has 2 amide bonds. The third-order valence-electron chi connectivity index (χ3n) is 6.83. The Kier molecular flexibility index (Phi) is 6.70. The van der Waals surface area contributed by atoms with Gasteiger partial charge in [-0.15, -0.1) is 0 Å². The molecule has 2 unspecified atom stereocenters. The summed E-state index contributed by atoms with van der Waals surface area (Å²) in [6, 6.07) is 26.2. The third-order valence-corrected chi connectivity index (χ3v) is 7.18. The normalized spacial score (nSPS) is 20.5. The first kappa shape index (κ1) is 23.9. The van der Waals surface area contributed by atoms with Crippen LogP contribution < -0.4 is 10.0 Å². The van der Waals surface area contributed by atoms with Crippen molar-refractivity contribution < 1.29 is 9.59 Å². The van der Waals surface area contributed by atoms with Gasteiger partial charge in [0, 0.05) is 10.9 Å². The number of carbonyl (C=O) groups excluding carboxylic acids is 2. The molecule has 0 fully saturated rings. The molecule has 2 atom stereocenters. The topological polar surface area (TPSA) is 65.3 Å². The number of amides is 2. The first-order chi connectivity index (χ1) is 17.5. The van der Waals surface area contributed by atoms with Crippen LogP contribution in [0.25, 0.3) is 0 Å². The van der Waals surface area contributed by atoms with Gasteiger partial charge in [-0.1, -0.05) is 80.0 Å². The van der Waals surface area contributed by atoms with Crippen molar-refractivity contribution in [2.45, 2.75) is 32.6 Å². The van der Waals surface area contributed by atoms with E-state index in [4.69, 9.17) is 21.8 Å². The molecular formula is C29H27ClN4O2. The monoisotopic (exact) mass is 498 g/mol. The summed E-state index contributed by atoms with van der Waals surface area (Å²) >= 11 is 6.73. The molecule has 0 saturated carbocycles. The molecule has 0 radical (unpaired) electrons. The summed E-state index contributed by atoms with van der Waals surface area (Å²) in [4.78, 5) is 28.0. The average molecular weight is 499 g/mol. The van der Waals surface area contributed by atoms with Crippen LogP contribution in [0.1, 0.15) is 38.2 Å². The first-order valence-electron chi connectivity index (χ1n) is 12.2. The van der Waals surface area contributed by atoms with Crippen LogP contribution in [0, 0.1) is 11.8 Å². The van der Waals surface area contributed by atoms with Gasteiger partial charge in [-0.3, -0.25) is 9.59 Å². The highest BCUT2D eigenvalue weighted by Gasteiger charge is 2.51. The number of hydrogen-bond donors (Lipinski definition) is 0. The number of para-hydroxylation sites is 2. The summed E-state index contributed by atoms with van der Waals surface area (Å²) in [5.41, 5.74) is 3.61. The van der Waals surface area contributed by atoms with E-state index in [0.29, 0.717) is 29.2 Å². The minimum atomic E-state index is -0.642. The van der Waals surface area contributed by atoms with E-state index in [9.17, 15) is 9.59 Å². The minimum absolute atomic E-state index is 0.163. The summed E-state index contributed by atoms with van der Waals surface area (Å²) in [5, 5.41) is 12.9. The van der Waals surface area contributed by atoms with Gasteiger partial charge in [-0.2, -0.15) is 10.2 Å². The number of nitrogens with zero attached hydrogens (tertiary/aromatic N) is 4. The maximum Gasteiger partial charge on any atom is 0.256 e. The molecule has 6 nitrogen and oxygen atoms in total. The van der Waals surface area contributed by atoms with Crippen molar-refractivity contribution in [1.29, 1.82) is 0 Å². The number of hydrogen-bond acceptors (Lipinski definition) is 4. The second kappa shape index (κ2) is 10.1. The number of hydrazone groups is 2. The molecular weight excluding hydrogens is 472 g/mol. The Morgan fingerprint density at radius 1 is 0.694 bits per heavy atom. The lowest BCUT2D eigenvalue weighted by Crippen LogP contribution is -2.41. The van der Waals surface area contributed by atoms with Crippen LogP contribution in [-0.4, -0.2) is 23.2 Å². The molecule has 36 heavy (non-hydrogen) atoms. The molecule has 0 N–H and O–H groups in total. The van der Waals surface area contributed by atoms with Gasteiger partial charge in [-0.25, -0.2) is 10.0 Å². The highest BCUT2D eigenvalue weighted by Crippen LogP contribution is 2.45. The number of rotatable bonds is 7. The van der Waals surface area contributed by atoms with Crippen molar-refractivity contribution >= 4 is 46.2 Å². The molecule has 0 saturated heterocycles. The predicted octanol–water partition coefficient (Wildman–Crippen LogP) is 6.28. The summed E-state index contributed by atoms with van der Waals surface area (Å²) in [6.45, 7) is 3.97. The molecule has 2 aliphatic heterocycles. The summed E-state index contributed by atoms with van der Waals surface area (Å²) < 4.78 is 0. The van der Waals surface area contributed by atoms with E-state index in [1.165, 1.54) is 10.0 Å². The maximum absolute atomic E-state index is 14.0. The largest absolute Gasteiger partial charge is 0.272 e. The highest BCUT2D eigenvalue weighted by atomic mass is 35.5. The first-order valence-corrected chi connectivity index (χ1v) is 12.6. The van der Waals surface area contributed by atoms with Crippen molar-refractivity contribution in [2.75, 3.05) is 10.0 Å². The lowest BCUT2D eigenvalue weighted by Gasteiger charge is -2.30. The molecule has 3 aromatic rings. The molecule has 3 aromatic carbocycles. The molecule has 2 heterocycles. The average Bonchev–Trinajstić information content (AvgIpc) is 3.43. The molecule has 0 aromatic heterocycles. The molecule has 5 rings (SSSR count). The van der Waals surface area contributed by atoms with Crippen LogP contribution in [-0.2, 0) is 9.59 Å². The lowest BCUT2D eigenvalue weighted by atomic mass is 9.71. The number of carbonyl (C=O) groups is 2. The van der Waals surface area contributed by atoms with Crippen LogP contribution in [0.3, 0.4) is 0 Å². The SMILES string of the molecule is CCC1=NN(c2ccccc2)C(=O)C1C(c1ccccc1Cl)C1C(=O)N(c2ccccc2)N=C1CC. The Morgan fingerprint density at radius 3 is 1.53 bits per heavy atom. The van der Waals surface area contributed by atoms with Crippen LogP contribution in [0.2, 0.25) is 5.02 Å². The van der Waals surface area contributed by atoms with Gasteiger partial charge in [0.05, 0.1) is 34.6 Å². The zero-order valence-corrected chi connectivity index (χ0v) is 21.0. The van der Waals surface area contributed by atoms with Crippen LogP contribution in [0.15, 0.2) is 95.1 Å². The molecule has 182 valence electrons. The smallest absolute Gasteiger partial charge is 0.256 e. The molecule has 0 aliphatic carbocycles. The Morgan fingerprint density at radius 2 is 1.11 bits per heavy atom. The quantitative estimate of drug-likeness (QED) is 0.384. The maximum atomic E-state index is 14.0. The van der Waals surface area contributed by atoms with Crippen molar-refractivity contribution in [1.82, 2.24) is 0 Å². The second-order valence-corrected chi connectivity index (χ2v) is 9.27. The van der Waals surface area contributed by atoms with E-state index in [1.807, 2.05) is 92.7 Å². The standard InChI is InChI=1S/C29H27ClN4O2/c1-3-23-26(28(35)33(31-23)19-13-7-5-8-14-19)25(21-17-11-12-18-22(21)30)27-24(4-2)32-34(29(27)36)20-15-9-6-10-16-20/h5-18,25-27H,3-4H2,1-2H3. The van der Waals surface area contributed by atoms with Gasteiger partial charge in [0.15, 0.2) is 0 Å². The second-order valence-electron chi connectivity index (χ2n) is 8.86. The van der Waals surface area contributed by atoms with E-state index in [2.05, 4.69) is 0 Å². The lowest BCUT2D eigenvalue weighted by molar-refractivity contribution is -0.122. The summed E-state index contributed by atoms with van der Waals surface area (Å²) in [6.07, 6.45) is 1.14. The fourth-order valence-corrected chi connectivity index (χ4v) is 5.40. The summed E-state index contributed by atoms with van der Waals surface area (Å²) in [7, 11) is 0. The van der Waals surface area contributed by atoms with E-state index in [1.54, 1.807) is 6.07 Å². The molecule has 2 aliphatic rings. The van der Waals surface area contributed by atoms with Gasteiger partial charge in [0.2, 0.25) is 0 Å². The van der Waals surface area contributed by atoms with Crippen LogP contribution in [0.5, 0.6) is 0 Å². The van der Waals surface area contributed by atoms with E-state index in [-0.39, 0.29) is 11.8 Å². The molecule has 0 spiro atoms. The number of anilines is 2. The van der Waals surface area contributed by atoms with Gasteiger partial charge in [0.1, 0.15) is 0 Å². The highest BCUT2D eigenvalue weighted by molar-refractivity contribution is 6.32. The van der Waals surface area contributed by atoms with Crippen molar-refractivity contribution in [3.8, 4) is 0 Å². The Balaban J connectivity index is 1.63.